The third kappa shape index (κ3) is 5.11. The van der Waals surface area contributed by atoms with E-state index in [1.165, 1.54) is 5.56 Å². The van der Waals surface area contributed by atoms with Gasteiger partial charge in [-0.1, -0.05) is 0 Å². The molecule has 126 valence electrons. The van der Waals surface area contributed by atoms with Gasteiger partial charge in [-0.25, -0.2) is 4.79 Å². The van der Waals surface area contributed by atoms with Gasteiger partial charge in [-0.15, -0.1) is 0 Å². The van der Waals surface area contributed by atoms with Gasteiger partial charge >= 0.3 is 6.03 Å². The van der Waals surface area contributed by atoms with Crippen LogP contribution in [0.25, 0.3) is 0 Å². The smallest absolute Gasteiger partial charge is 0.317 e. The van der Waals surface area contributed by atoms with E-state index in [0.29, 0.717) is 6.04 Å². The molecule has 3 heterocycles. The van der Waals surface area contributed by atoms with E-state index in [0.717, 1.165) is 63.5 Å². The molecule has 0 saturated carbocycles. The van der Waals surface area contributed by atoms with Crippen molar-refractivity contribution in [3.8, 4) is 0 Å². The van der Waals surface area contributed by atoms with Crippen LogP contribution in [0.5, 0.6) is 0 Å². The molecule has 2 amide bonds. The van der Waals surface area contributed by atoms with E-state index in [1.807, 2.05) is 29.1 Å². The van der Waals surface area contributed by atoms with Gasteiger partial charge in [-0.2, -0.15) is 11.8 Å². The molecule has 2 aliphatic rings. The van der Waals surface area contributed by atoms with Crippen LogP contribution < -0.4 is 5.32 Å². The average Bonchev–Trinajstić information content (AvgIpc) is 2.63. The summed E-state index contributed by atoms with van der Waals surface area (Å²) in [5.41, 5.74) is 1.35. The minimum absolute atomic E-state index is 0.139. The second kappa shape index (κ2) is 8.55. The van der Waals surface area contributed by atoms with Crippen LogP contribution in [0.2, 0.25) is 0 Å². The molecule has 0 bridgehead atoms. The second-order valence-corrected chi connectivity index (χ2v) is 7.50. The topological polar surface area (TPSA) is 48.5 Å². The van der Waals surface area contributed by atoms with Crippen LogP contribution in [0.4, 0.5) is 4.79 Å². The molecular weight excluding hydrogens is 308 g/mol. The molecule has 0 aromatic carbocycles. The Bertz CT molecular complexity index is 485. The number of nitrogens with one attached hydrogen (secondary N) is 1. The SMILES string of the molecule is O=C(NC1CCN(CCc2ccncc2)CC1)N1CCSCC1. The molecule has 6 heteroatoms. The van der Waals surface area contributed by atoms with E-state index in [4.69, 9.17) is 0 Å². The van der Waals surface area contributed by atoms with Crippen molar-refractivity contribution in [1.82, 2.24) is 20.1 Å². The first-order valence-corrected chi connectivity index (χ1v) is 9.71. The minimum atomic E-state index is 0.139. The Balaban J connectivity index is 1.36. The number of urea groups is 1. The summed E-state index contributed by atoms with van der Waals surface area (Å²) in [7, 11) is 0. The Morgan fingerprint density at radius 1 is 1.17 bits per heavy atom. The molecule has 3 rings (SSSR count). The Hall–Kier alpha value is -1.27. The molecule has 2 saturated heterocycles. The van der Waals surface area contributed by atoms with Gasteiger partial charge in [0.15, 0.2) is 0 Å². The van der Waals surface area contributed by atoms with E-state index < -0.39 is 0 Å². The number of hydrogen-bond donors (Lipinski definition) is 1. The maximum absolute atomic E-state index is 12.2. The number of likely N-dealkylation sites (tertiary alicyclic amines) is 1. The average molecular weight is 334 g/mol. The first-order valence-electron chi connectivity index (χ1n) is 8.56. The van der Waals surface area contributed by atoms with Gasteiger partial charge in [0.05, 0.1) is 0 Å². The number of amides is 2. The fourth-order valence-corrected chi connectivity index (χ4v) is 4.07. The zero-order chi connectivity index (χ0) is 15.9. The van der Waals surface area contributed by atoms with Crippen LogP contribution in [0.3, 0.4) is 0 Å². The van der Waals surface area contributed by atoms with Gasteiger partial charge < -0.3 is 15.1 Å². The number of carbonyl (C=O) groups excluding carboxylic acids is 1. The second-order valence-electron chi connectivity index (χ2n) is 6.27. The molecule has 5 nitrogen and oxygen atoms in total. The van der Waals surface area contributed by atoms with Crippen LogP contribution in [0.15, 0.2) is 24.5 Å². The van der Waals surface area contributed by atoms with Crippen molar-refractivity contribution in [2.75, 3.05) is 44.2 Å². The van der Waals surface area contributed by atoms with Gasteiger partial charge in [0.25, 0.3) is 0 Å². The molecule has 1 aromatic rings. The molecule has 1 aromatic heterocycles. The third-order valence-corrected chi connectivity index (χ3v) is 5.62. The summed E-state index contributed by atoms with van der Waals surface area (Å²) >= 11 is 1.93. The molecule has 0 aliphatic carbocycles. The lowest BCUT2D eigenvalue weighted by Crippen LogP contribution is -2.51. The van der Waals surface area contributed by atoms with Crippen molar-refractivity contribution in [2.24, 2.45) is 0 Å². The first-order chi connectivity index (χ1) is 11.3. The summed E-state index contributed by atoms with van der Waals surface area (Å²) in [5.74, 6) is 2.14. The van der Waals surface area contributed by atoms with Crippen LogP contribution in [-0.2, 0) is 6.42 Å². The molecule has 1 N–H and O–H groups in total. The highest BCUT2D eigenvalue weighted by Gasteiger charge is 2.23. The van der Waals surface area contributed by atoms with Crippen molar-refractivity contribution in [2.45, 2.75) is 25.3 Å². The highest BCUT2D eigenvalue weighted by Crippen LogP contribution is 2.13. The molecule has 0 unspecified atom stereocenters. The summed E-state index contributed by atoms with van der Waals surface area (Å²) in [4.78, 5) is 20.8. The lowest BCUT2D eigenvalue weighted by Gasteiger charge is -2.34. The molecular formula is C17H26N4OS. The highest BCUT2D eigenvalue weighted by molar-refractivity contribution is 7.99. The molecule has 0 spiro atoms. The minimum Gasteiger partial charge on any atom is -0.335 e. The highest BCUT2D eigenvalue weighted by atomic mass is 32.2. The standard InChI is InChI=1S/C17H26N4OS/c22-17(21-11-13-23-14-12-21)19-16-4-9-20(10-5-16)8-3-15-1-6-18-7-2-15/h1-2,6-7,16H,3-5,8-14H2,(H,19,22). The van der Waals surface area contributed by atoms with Gasteiger partial charge in [-0.3, -0.25) is 4.98 Å². The van der Waals surface area contributed by atoms with E-state index in [2.05, 4.69) is 27.3 Å². The molecule has 2 fully saturated rings. The molecule has 2 aliphatic heterocycles. The Morgan fingerprint density at radius 2 is 1.87 bits per heavy atom. The predicted molar refractivity (Wildman–Crippen MR) is 94.8 cm³/mol. The van der Waals surface area contributed by atoms with E-state index in [1.54, 1.807) is 0 Å². The van der Waals surface area contributed by atoms with Crippen molar-refractivity contribution in [3.05, 3.63) is 30.1 Å². The van der Waals surface area contributed by atoms with Crippen LogP contribution >= 0.6 is 11.8 Å². The normalized spacial score (nSPS) is 20.4. The number of piperidine rings is 1. The zero-order valence-corrected chi connectivity index (χ0v) is 14.4. The van der Waals surface area contributed by atoms with Crippen LogP contribution in [0.1, 0.15) is 18.4 Å². The maximum Gasteiger partial charge on any atom is 0.317 e. The Morgan fingerprint density at radius 3 is 2.57 bits per heavy atom. The fraction of sp³-hybridized carbons (Fsp3) is 0.647. The summed E-state index contributed by atoms with van der Waals surface area (Å²) in [5, 5.41) is 3.23. The monoisotopic (exact) mass is 334 g/mol. The van der Waals surface area contributed by atoms with Gasteiger partial charge in [0.2, 0.25) is 0 Å². The summed E-state index contributed by atoms with van der Waals surface area (Å²) < 4.78 is 0. The summed E-state index contributed by atoms with van der Waals surface area (Å²) in [6.07, 6.45) is 6.91. The zero-order valence-electron chi connectivity index (χ0n) is 13.6. The molecule has 23 heavy (non-hydrogen) atoms. The van der Waals surface area contributed by atoms with Gasteiger partial charge in [-0.05, 0) is 37.0 Å². The number of thioether (sulfide) groups is 1. The summed E-state index contributed by atoms with van der Waals surface area (Å²) in [6.45, 7) is 5.02. The third-order valence-electron chi connectivity index (χ3n) is 4.68. The number of pyridine rings is 1. The number of rotatable bonds is 4. The van der Waals surface area contributed by atoms with E-state index in [-0.39, 0.29) is 6.03 Å². The Kier molecular flexibility index (Phi) is 6.16. The van der Waals surface area contributed by atoms with Crippen molar-refractivity contribution in [1.29, 1.82) is 0 Å². The lowest BCUT2D eigenvalue weighted by molar-refractivity contribution is 0.175. The van der Waals surface area contributed by atoms with Crippen LogP contribution in [-0.4, -0.2) is 71.1 Å². The number of nitrogens with zero attached hydrogens (tertiary/aromatic N) is 3. The molecule has 0 radical (unpaired) electrons. The van der Waals surface area contributed by atoms with Crippen molar-refractivity contribution < 1.29 is 4.79 Å². The summed E-state index contributed by atoms with van der Waals surface area (Å²) in [6, 6.07) is 4.66. The molecule has 0 atom stereocenters. The predicted octanol–water partition coefficient (Wildman–Crippen LogP) is 1.85. The van der Waals surface area contributed by atoms with E-state index in [9.17, 15) is 4.79 Å². The number of hydrogen-bond acceptors (Lipinski definition) is 4. The quantitative estimate of drug-likeness (QED) is 0.913. The van der Waals surface area contributed by atoms with Crippen LogP contribution in [0, 0.1) is 0 Å². The van der Waals surface area contributed by atoms with Crippen molar-refractivity contribution >= 4 is 17.8 Å². The fourth-order valence-electron chi connectivity index (χ4n) is 3.17. The maximum atomic E-state index is 12.2. The number of carbonyl (C=O) groups is 1. The van der Waals surface area contributed by atoms with Gasteiger partial charge in [0.1, 0.15) is 0 Å². The lowest BCUT2D eigenvalue weighted by atomic mass is 10.0. The Labute approximate surface area is 142 Å². The number of aromatic nitrogens is 1. The van der Waals surface area contributed by atoms with Crippen molar-refractivity contribution in [3.63, 3.8) is 0 Å². The first kappa shape index (κ1) is 16.6. The van der Waals surface area contributed by atoms with Gasteiger partial charge in [0, 0.05) is 62.7 Å². The largest absolute Gasteiger partial charge is 0.335 e. The van der Waals surface area contributed by atoms with E-state index >= 15 is 0 Å².